The van der Waals surface area contributed by atoms with Crippen molar-refractivity contribution in [2.45, 2.75) is 55.9 Å². The van der Waals surface area contributed by atoms with Crippen molar-refractivity contribution < 1.29 is 8.42 Å². The van der Waals surface area contributed by atoms with Crippen molar-refractivity contribution in [3.8, 4) is 0 Å². The summed E-state index contributed by atoms with van der Waals surface area (Å²) in [5.41, 5.74) is 1.08. The number of aryl methyl sites for hydroxylation is 2. The number of unbranched alkanes of at least 4 members (excludes halogenated alkanes) is 3. The molecule has 0 radical (unpaired) electrons. The Morgan fingerprint density at radius 3 is 2.48 bits per heavy atom. The minimum absolute atomic E-state index is 0.0157. The fourth-order valence-corrected chi connectivity index (χ4v) is 5.44. The molecule has 0 unspecified atom stereocenters. The van der Waals surface area contributed by atoms with Crippen LogP contribution in [0.4, 0.5) is 0 Å². The number of fused-ring (bicyclic) bond motifs is 2. The Kier molecular flexibility index (Phi) is 6.41. The van der Waals surface area contributed by atoms with Crippen LogP contribution in [0, 0.1) is 12.3 Å². The van der Waals surface area contributed by atoms with Crippen LogP contribution in [0.25, 0.3) is 16.7 Å². The van der Waals surface area contributed by atoms with Crippen LogP contribution in [0.15, 0.2) is 63.2 Å². The molecular weight excluding hydrogens is 460 g/mol. The number of aromatic nitrogens is 3. The van der Waals surface area contributed by atoms with Crippen molar-refractivity contribution in [3.05, 3.63) is 75.1 Å². The summed E-state index contributed by atoms with van der Waals surface area (Å²) >= 11 is 5.93. The third-order valence-electron chi connectivity index (χ3n) is 5.75. The molecule has 0 atom stereocenters. The van der Waals surface area contributed by atoms with Crippen LogP contribution in [0.3, 0.4) is 0 Å². The highest BCUT2D eigenvalue weighted by atomic mass is 35.5. The van der Waals surface area contributed by atoms with E-state index in [-0.39, 0.29) is 26.2 Å². The van der Waals surface area contributed by atoms with E-state index >= 15 is 0 Å². The molecule has 9 heteroatoms. The highest BCUT2D eigenvalue weighted by molar-refractivity contribution is 7.91. The average molecular weight is 485 g/mol. The first-order valence-corrected chi connectivity index (χ1v) is 12.7. The Hall–Kier alpha value is -2.97. The second kappa shape index (κ2) is 9.11. The molecule has 0 bridgehead atoms. The third kappa shape index (κ3) is 4.20. The lowest BCUT2D eigenvalue weighted by molar-refractivity contribution is 0.559. The summed E-state index contributed by atoms with van der Waals surface area (Å²) in [5.74, 6) is 0. The molecule has 4 aromatic rings. The molecule has 0 aliphatic carbocycles. The zero-order valence-corrected chi connectivity index (χ0v) is 20.1. The van der Waals surface area contributed by atoms with E-state index in [2.05, 4.69) is 6.92 Å². The van der Waals surface area contributed by atoms with Gasteiger partial charge in [0.1, 0.15) is 21.7 Å². The lowest BCUT2D eigenvalue weighted by atomic mass is 10.2. The van der Waals surface area contributed by atoms with Crippen LogP contribution in [0.5, 0.6) is 0 Å². The number of rotatable bonds is 7. The SMILES string of the molecule is CCCCCCn1c(=N)c(S(=O)(=O)c2ccc(Cl)cc2)cc2c(=O)n3cccc(C)c3nc21. The van der Waals surface area contributed by atoms with E-state index in [0.29, 0.717) is 22.9 Å². The van der Waals surface area contributed by atoms with E-state index in [0.717, 1.165) is 31.2 Å². The summed E-state index contributed by atoms with van der Waals surface area (Å²) in [6.07, 6.45) is 5.38. The topological polar surface area (TPSA) is 97.3 Å². The normalized spacial score (nSPS) is 12.0. The van der Waals surface area contributed by atoms with E-state index in [1.165, 1.54) is 34.7 Å². The van der Waals surface area contributed by atoms with Gasteiger partial charge in [0, 0.05) is 17.8 Å². The lowest BCUT2D eigenvalue weighted by Crippen LogP contribution is -2.30. The number of nitrogens with one attached hydrogen (secondary N) is 1. The predicted octanol–water partition coefficient (Wildman–Crippen LogP) is 4.50. The summed E-state index contributed by atoms with van der Waals surface area (Å²) in [6, 6.07) is 10.7. The average Bonchev–Trinajstić information content (AvgIpc) is 2.79. The highest BCUT2D eigenvalue weighted by Crippen LogP contribution is 2.23. The number of halogens is 1. The van der Waals surface area contributed by atoms with E-state index in [4.69, 9.17) is 22.0 Å². The molecule has 0 aliphatic heterocycles. The molecule has 172 valence electrons. The van der Waals surface area contributed by atoms with Crippen LogP contribution >= 0.6 is 11.6 Å². The van der Waals surface area contributed by atoms with Crippen LogP contribution < -0.4 is 11.0 Å². The summed E-state index contributed by atoms with van der Waals surface area (Å²) in [7, 11) is -4.06. The second-order valence-electron chi connectivity index (χ2n) is 8.07. The Morgan fingerprint density at radius 2 is 1.79 bits per heavy atom. The zero-order chi connectivity index (χ0) is 23.8. The van der Waals surface area contributed by atoms with E-state index in [1.807, 2.05) is 13.0 Å². The number of hydrogen-bond donors (Lipinski definition) is 1. The van der Waals surface area contributed by atoms with Gasteiger partial charge in [-0.15, -0.1) is 0 Å². The summed E-state index contributed by atoms with van der Waals surface area (Å²) in [5, 5.41) is 9.37. The first-order chi connectivity index (χ1) is 15.8. The number of sulfone groups is 1. The van der Waals surface area contributed by atoms with Crippen molar-refractivity contribution >= 4 is 38.1 Å². The van der Waals surface area contributed by atoms with Crippen molar-refractivity contribution in [2.24, 2.45) is 0 Å². The Balaban J connectivity index is 2.04. The molecule has 0 fully saturated rings. The molecule has 1 N–H and O–H groups in total. The number of pyridine rings is 2. The quantitative estimate of drug-likeness (QED) is 0.308. The summed E-state index contributed by atoms with van der Waals surface area (Å²) in [4.78, 5) is 17.9. The van der Waals surface area contributed by atoms with Gasteiger partial charge in [0.15, 0.2) is 0 Å². The van der Waals surface area contributed by atoms with Crippen molar-refractivity contribution in [1.82, 2.24) is 14.0 Å². The summed E-state index contributed by atoms with van der Waals surface area (Å²) < 4.78 is 29.9. The van der Waals surface area contributed by atoms with Crippen molar-refractivity contribution in [2.75, 3.05) is 0 Å². The Bertz CT molecular complexity index is 1570. The maximum Gasteiger partial charge on any atom is 0.267 e. The number of hydrogen-bond acceptors (Lipinski definition) is 5. The van der Waals surface area contributed by atoms with Gasteiger partial charge in [-0.05, 0) is 55.3 Å². The smallest absolute Gasteiger partial charge is 0.267 e. The van der Waals surface area contributed by atoms with Gasteiger partial charge in [-0.25, -0.2) is 13.4 Å². The second-order valence-corrected chi connectivity index (χ2v) is 10.4. The van der Waals surface area contributed by atoms with Crippen LogP contribution in [-0.2, 0) is 16.4 Å². The molecule has 33 heavy (non-hydrogen) atoms. The Morgan fingerprint density at radius 1 is 1.06 bits per heavy atom. The molecule has 0 amide bonds. The molecule has 0 saturated carbocycles. The molecule has 4 rings (SSSR count). The first-order valence-electron chi connectivity index (χ1n) is 10.9. The molecule has 0 saturated heterocycles. The predicted molar refractivity (Wildman–Crippen MR) is 129 cm³/mol. The Labute approximate surface area is 196 Å². The first kappa shape index (κ1) is 23.2. The van der Waals surface area contributed by atoms with Gasteiger partial charge in [0.2, 0.25) is 9.84 Å². The van der Waals surface area contributed by atoms with Crippen LogP contribution in [0.2, 0.25) is 5.02 Å². The van der Waals surface area contributed by atoms with Gasteiger partial charge in [-0.2, -0.15) is 0 Å². The molecule has 3 aromatic heterocycles. The molecule has 7 nitrogen and oxygen atoms in total. The highest BCUT2D eigenvalue weighted by Gasteiger charge is 2.24. The van der Waals surface area contributed by atoms with Gasteiger partial charge >= 0.3 is 0 Å². The number of benzene rings is 1. The van der Waals surface area contributed by atoms with E-state index < -0.39 is 9.84 Å². The molecule has 0 spiro atoms. The fraction of sp³-hybridized carbons (Fsp3) is 0.292. The van der Waals surface area contributed by atoms with Gasteiger partial charge in [-0.3, -0.25) is 14.6 Å². The molecule has 3 heterocycles. The van der Waals surface area contributed by atoms with Crippen molar-refractivity contribution in [3.63, 3.8) is 0 Å². The maximum atomic E-state index is 13.5. The minimum atomic E-state index is -4.06. The van der Waals surface area contributed by atoms with Gasteiger partial charge in [0.25, 0.3) is 5.56 Å². The van der Waals surface area contributed by atoms with Crippen LogP contribution in [0.1, 0.15) is 38.2 Å². The van der Waals surface area contributed by atoms with Gasteiger partial charge in [-0.1, -0.05) is 43.9 Å². The van der Waals surface area contributed by atoms with Crippen molar-refractivity contribution in [1.29, 1.82) is 5.41 Å². The largest absolute Gasteiger partial charge is 0.310 e. The molecule has 1 aromatic carbocycles. The lowest BCUT2D eigenvalue weighted by Gasteiger charge is -2.15. The standard InChI is InChI=1S/C24H25ClN4O3S/c1-3-4-5-6-13-28-21(26)20(33(31,32)18-11-9-17(25)10-12-18)15-19-23(28)27-22-16(2)8-7-14-29(22)24(19)30/h7-12,14-15,26H,3-6,13H2,1-2H3. The number of nitrogens with zero attached hydrogens (tertiary/aromatic N) is 3. The van der Waals surface area contributed by atoms with Gasteiger partial charge in [0.05, 0.1) is 10.3 Å². The maximum absolute atomic E-state index is 13.5. The fourth-order valence-electron chi connectivity index (χ4n) is 3.93. The molecular formula is C24H25ClN4O3S. The minimum Gasteiger partial charge on any atom is -0.310 e. The van der Waals surface area contributed by atoms with E-state index in [9.17, 15) is 13.2 Å². The van der Waals surface area contributed by atoms with E-state index in [1.54, 1.807) is 16.8 Å². The zero-order valence-electron chi connectivity index (χ0n) is 18.5. The molecule has 0 aliphatic rings. The van der Waals surface area contributed by atoms with Crippen LogP contribution in [-0.4, -0.2) is 22.4 Å². The summed E-state index contributed by atoms with van der Waals surface area (Å²) in [6.45, 7) is 4.36. The third-order valence-corrected chi connectivity index (χ3v) is 7.78. The monoisotopic (exact) mass is 484 g/mol. The van der Waals surface area contributed by atoms with Gasteiger partial charge < -0.3 is 4.57 Å².